The van der Waals surface area contributed by atoms with Gasteiger partial charge >= 0.3 is 0 Å². The van der Waals surface area contributed by atoms with Gasteiger partial charge in [-0.05, 0) is 34.5 Å². The molecular weight excluding hydrogens is 256 g/mol. The van der Waals surface area contributed by atoms with Crippen molar-refractivity contribution in [3.8, 4) is 0 Å². The van der Waals surface area contributed by atoms with Crippen LogP contribution in [0.15, 0.2) is 29.1 Å². The van der Waals surface area contributed by atoms with Gasteiger partial charge in [0.05, 0.1) is 10.7 Å². The average Bonchev–Trinajstić information content (AvgIpc) is 2.73. The molecule has 0 aliphatic rings. The van der Waals surface area contributed by atoms with Crippen molar-refractivity contribution in [2.45, 2.75) is 13.5 Å². The van der Waals surface area contributed by atoms with E-state index in [1.165, 1.54) is 5.56 Å². The van der Waals surface area contributed by atoms with Gasteiger partial charge in [-0.25, -0.2) is 4.98 Å². The Morgan fingerprint density at radius 3 is 3.13 bits per heavy atom. The van der Waals surface area contributed by atoms with Gasteiger partial charge in [-0.2, -0.15) is 5.10 Å². The number of aryl methyl sites for hydroxylation is 1. The number of rotatable bonds is 3. The van der Waals surface area contributed by atoms with E-state index in [1.54, 1.807) is 12.4 Å². The van der Waals surface area contributed by atoms with Crippen LogP contribution in [0.3, 0.4) is 0 Å². The fourth-order valence-corrected chi connectivity index (χ4v) is 1.60. The fraction of sp³-hybridized carbons (Fsp3) is 0.200. The van der Waals surface area contributed by atoms with Crippen molar-refractivity contribution in [3.63, 3.8) is 0 Å². The summed E-state index contributed by atoms with van der Waals surface area (Å²) in [5, 5.41) is 9.89. The number of pyridine rings is 1. The number of halogens is 1. The maximum absolute atomic E-state index is 4.25. The van der Waals surface area contributed by atoms with Gasteiger partial charge in [0.15, 0.2) is 0 Å². The molecule has 4 nitrogen and oxygen atoms in total. The second kappa shape index (κ2) is 4.44. The van der Waals surface area contributed by atoms with Crippen LogP contribution in [0.1, 0.15) is 11.1 Å². The zero-order valence-electron chi connectivity index (χ0n) is 8.29. The first-order chi connectivity index (χ1) is 7.27. The minimum atomic E-state index is 0.714. The highest BCUT2D eigenvalue weighted by Gasteiger charge is 2.03. The number of aromatic nitrogens is 3. The Labute approximate surface area is 96.3 Å². The number of hydrogen-bond donors (Lipinski definition) is 2. The zero-order chi connectivity index (χ0) is 10.7. The van der Waals surface area contributed by atoms with Crippen LogP contribution in [0.5, 0.6) is 0 Å². The maximum atomic E-state index is 4.25. The smallest absolute Gasteiger partial charge is 0.140 e. The zero-order valence-corrected chi connectivity index (χ0v) is 9.87. The quantitative estimate of drug-likeness (QED) is 0.898. The van der Waals surface area contributed by atoms with Gasteiger partial charge in [0.2, 0.25) is 0 Å². The molecule has 0 atom stereocenters. The van der Waals surface area contributed by atoms with E-state index in [-0.39, 0.29) is 0 Å². The summed E-state index contributed by atoms with van der Waals surface area (Å²) in [6.07, 6.45) is 5.44. The van der Waals surface area contributed by atoms with E-state index in [0.717, 1.165) is 15.9 Å². The molecule has 0 radical (unpaired) electrons. The molecule has 0 bridgehead atoms. The van der Waals surface area contributed by atoms with Crippen molar-refractivity contribution in [2.75, 3.05) is 5.32 Å². The van der Waals surface area contributed by atoms with Crippen LogP contribution in [0.2, 0.25) is 0 Å². The minimum Gasteiger partial charge on any atom is -0.365 e. The van der Waals surface area contributed by atoms with Crippen LogP contribution in [0.4, 0.5) is 5.82 Å². The Morgan fingerprint density at radius 2 is 2.40 bits per heavy atom. The Hall–Kier alpha value is -1.36. The van der Waals surface area contributed by atoms with Crippen LogP contribution in [0.25, 0.3) is 0 Å². The van der Waals surface area contributed by atoms with Gasteiger partial charge in [-0.15, -0.1) is 0 Å². The van der Waals surface area contributed by atoms with Crippen LogP contribution in [-0.4, -0.2) is 15.2 Å². The summed E-state index contributed by atoms with van der Waals surface area (Å²) >= 11 is 3.50. The van der Waals surface area contributed by atoms with Crippen LogP contribution >= 0.6 is 15.9 Å². The van der Waals surface area contributed by atoms with E-state index in [9.17, 15) is 0 Å². The van der Waals surface area contributed by atoms with Crippen molar-refractivity contribution in [1.29, 1.82) is 0 Å². The van der Waals surface area contributed by atoms with Gasteiger partial charge in [0.25, 0.3) is 0 Å². The molecule has 0 fully saturated rings. The lowest BCUT2D eigenvalue weighted by molar-refractivity contribution is 1.09. The van der Waals surface area contributed by atoms with Gasteiger partial charge in [0, 0.05) is 24.5 Å². The Kier molecular flexibility index (Phi) is 3.01. The summed E-state index contributed by atoms with van der Waals surface area (Å²) in [6, 6.07) is 1.97. The van der Waals surface area contributed by atoms with Crippen molar-refractivity contribution < 1.29 is 0 Å². The van der Waals surface area contributed by atoms with E-state index in [4.69, 9.17) is 0 Å². The lowest BCUT2D eigenvalue weighted by Gasteiger charge is -2.07. The Bertz CT molecular complexity index is 439. The van der Waals surface area contributed by atoms with E-state index in [1.807, 2.05) is 19.2 Å². The third-order valence-corrected chi connectivity index (χ3v) is 3.10. The Morgan fingerprint density at radius 1 is 1.53 bits per heavy atom. The van der Waals surface area contributed by atoms with Crippen LogP contribution in [-0.2, 0) is 6.54 Å². The molecule has 78 valence electrons. The van der Waals surface area contributed by atoms with E-state index < -0.39 is 0 Å². The second-order valence-electron chi connectivity index (χ2n) is 3.25. The molecule has 5 heteroatoms. The highest BCUT2D eigenvalue weighted by Crippen LogP contribution is 2.23. The molecule has 0 aliphatic carbocycles. The highest BCUT2D eigenvalue weighted by molar-refractivity contribution is 9.10. The largest absolute Gasteiger partial charge is 0.365 e. The number of hydrogen-bond acceptors (Lipinski definition) is 3. The van der Waals surface area contributed by atoms with E-state index in [0.29, 0.717) is 6.54 Å². The molecule has 0 saturated heterocycles. The molecule has 2 aromatic rings. The first-order valence-electron chi connectivity index (χ1n) is 4.60. The summed E-state index contributed by atoms with van der Waals surface area (Å²) in [5.74, 6) is 0.858. The summed E-state index contributed by atoms with van der Waals surface area (Å²) < 4.78 is 1.01. The second-order valence-corrected chi connectivity index (χ2v) is 4.04. The number of aromatic amines is 1. The predicted octanol–water partition coefficient (Wildman–Crippen LogP) is 2.49. The van der Waals surface area contributed by atoms with Crippen LogP contribution in [0, 0.1) is 6.92 Å². The predicted molar refractivity (Wildman–Crippen MR) is 62.6 cm³/mol. The number of H-pyrrole nitrogens is 1. The fourth-order valence-electron chi connectivity index (χ4n) is 1.22. The molecule has 0 amide bonds. The van der Waals surface area contributed by atoms with Gasteiger partial charge in [-0.1, -0.05) is 0 Å². The summed E-state index contributed by atoms with van der Waals surface area (Å²) in [6.45, 7) is 2.75. The summed E-state index contributed by atoms with van der Waals surface area (Å²) in [5.41, 5.74) is 2.27. The SMILES string of the molecule is Cc1ccnc(NCc2cn[nH]c2)c1Br. The average molecular weight is 267 g/mol. The topological polar surface area (TPSA) is 53.6 Å². The molecule has 0 aromatic carbocycles. The van der Waals surface area contributed by atoms with Gasteiger partial charge in [0.1, 0.15) is 5.82 Å². The molecule has 2 N–H and O–H groups in total. The molecule has 2 rings (SSSR count). The van der Waals surface area contributed by atoms with Crippen molar-refractivity contribution in [2.24, 2.45) is 0 Å². The molecule has 15 heavy (non-hydrogen) atoms. The molecule has 0 saturated carbocycles. The monoisotopic (exact) mass is 266 g/mol. The highest BCUT2D eigenvalue weighted by atomic mass is 79.9. The molecule has 2 heterocycles. The summed E-state index contributed by atoms with van der Waals surface area (Å²) in [4.78, 5) is 4.25. The minimum absolute atomic E-state index is 0.714. The van der Waals surface area contributed by atoms with E-state index >= 15 is 0 Å². The Balaban J connectivity index is 2.08. The summed E-state index contributed by atoms with van der Waals surface area (Å²) in [7, 11) is 0. The maximum Gasteiger partial charge on any atom is 0.140 e. The standard InChI is InChI=1S/C10H11BrN4/c1-7-2-3-12-10(9(7)11)13-4-8-5-14-15-6-8/h2-3,5-6H,4H2,1H3,(H,12,13)(H,14,15). The lowest BCUT2D eigenvalue weighted by Crippen LogP contribution is -2.01. The number of nitrogens with zero attached hydrogens (tertiary/aromatic N) is 2. The van der Waals surface area contributed by atoms with Crippen molar-refractivity contribution in [3.05, 3.63) is 40.3 Å². The van der Waals surface area contributed by atoms with Crippen molar-refractivity contribution in [1.82, 2.24) is 15.2 Å². The molecule has 0 spiro atoms. The first kappa shape index (κ1) is 10.2. The first-order valence-corrected chi connectivity index (χ1v) is 5.39. The molecule has 0 aliphatic heterocycles. The molecule has 2 aromatic heterocycles. The third-order valence-electron chi connectivity index (χ3n) is 2.10. The lowest BCUT2D eigenvalue weighted by atomic mass is 10.3. The molecule has 0 unspecified atom stereocenters. The number of anilines is 1. The normalized spacial score (nSPS) is 10.3. The van der Waals surface area contributed by atoms with Crippen LogP contribution < -0.4 is 5.32 Å². The molecular formula is C10H11BrN4. The third kappa shape index (κ3) is 2.36. The number of nitrogens with one attached hydrogen (secondary N) is 2. The van der Waals surface area contributed by atoms with Gasteiger partial charge < -0.3 is 5.32 Å². The van der Waals surface area contributed by atoms with Gasteiger partial charge in [-0.3, -0.25) is 5.10 Å². The van der Waals surface area contributed by atoms with E-state index in [2.05, 4.69) is 36.4 Å². The van der Waals surface area contributed by atoms with Crippen molar-refractivity contribution >= 4 is 21.7 Å².